The fourth-order valence-corrected chi connectivity index (χ4v) is 3.58. The van der Waals surface area contributed by atoms with Gasteiger partial charge in [-0.2, -0.15) is 17.7 Å². The lowest BCUT2D eigenvalue weighted by Crippen LogP contribution is -2.30. The number of hydrogen-bond donors (Lipinski definition) is 1. The van der Waals surface area contributed by atoms with Gasteiger partial charge in [-0.15, -0.1) is 10.2 Å². The van der Waals surface area contributed by atoms with E-state index >= 15 is 0 Å². The van der Waals surface area contributed by atoms with E-state index in [0.29, 0.717) is 29.0 Å². The summed E-state index contributed by atoms with van der Waals surface area (Å²) in [7, 11) is 0. The molecule has 9 nitrogen and oxygen atoms in total. The highest BCUT2D eigenvalue weighted by molar-refractivity contribution is 5.96. The van der Waals surface area contributed by atoms with Crippen molar-refractivity contribution in [2.75, 3.05) is 26.4 Å². The second-order valence-corrected chi connectivity index (χ2v) is 9.60. The molecule has 0 fully saturated rings. The van der Waals surface area contributed by atoms with E-state index in [-0.39, 0.29) is 42.3 Å². The second kappa shape index (κ2) is 10.9. The highest BCUT2D eigenvalue weighted by atomic mass is 19.4. The summed E-state index contributed by atoms with van der Waals surface area (Å²) in [6.07, 6.45) is -4.56. The quantitative estimate of drug-likeness (QED) is 0.430. The second-order valence-electron chi connectivity index (χ2n) is 9.60. The largest absolute Gasteiger partial charge is 0.491 e. The van der Waals surface area contributed by atoms with Crippen LogP contribution in [0.3, 0.4) is 0 Å². The fraction of sp³-hybridized carbons (Fsp3) is 0.520. The molecule has 202 valence electrons. The van der Waals surface area contributed by atoms with Gasteiger partial charge in [0.05, 0.1) is 13.2 Å². The van der Waals surface area contributed by atoms with E-state index in [0.717, 1.165) is 10.2 Å². The highest BCUT2D eigenvalue weighted by Gasteiger charge is 2.27. The van der Waals surface area contributed by atoms with E-state index in [4.69, 9.17) is 14.6 Å². The van der Waals surface area contributed by atoms with Gasteiger partial charge in [0.1, 0.15) is 25.4 Å². The lowest BCUT2D eigenvalue weighted by atomic mass is 9.85. The Labute approximate surface area is 212 Å². The third kappa shape index (κ3) is 6.68. The molecular formula is C25H32F3N5O4. The zero-order valence-electron chi connectivity index (χ0n) is 21.8. The summed E-state index contributed by atoms with van der Waals surface area (Å²) in [5.74, 6) is 0.243. The molecule has 0 spiro atoms. The maximum Gasteiger partial charge on any atom is 0.408 e. The van der Waals surface area contributed by atoms with Crippen molar-refractivity contribution in [3.63, 3.8) is 0 Å². The van der Waals surface area contributed by atoms with Crippen molar-refractivity contribution in [2.45, 2.75) is 59.7 Å². The van der Waals surface area contributed by atoms with Gasteiger partial charge in [-0.25, -0.2) is 9.67 Å². The van der Waals surface area contributed by atoms with Gasteiger partial charge in [0.15, 0.2) is 11.4 Å². The van der Waals surface area contributed by atoms with Crippen LogP contribution in [0.5, 0.6) is 11.6 Å². The standard InChI is InChI=1S/C25H32F3N5O4/c1-7-36-22-16(3)15(2)21-30-32(23(33(21)31-22)29-14-25(26,27)28)13-20(35)17-10-18(24(4,5)6)12-19(11-17)37-9-8-34/h10-12,34H,7-9,13-14H2,1-6H3/b29-23+. The molecule has 0 aliphatic rings. The Morgan fingerprint density at radius 3 is 2.38 bits per heavy atom. The SMILES string of the molecule is CCOc1nn2/c(=N/CC(F)(F)F)n(CC(=O)c3cc(OCCO)cc(C(C)(C)C)c3)nc2c(C)c1C. The van der Waals surface area contributed by atoms with Crippen molar-refractivity contribution < 1.29 is 32.5 Å². The third-order valence-electron chi connectivity index (χ3n) is 5.67. The number of ketones is 1. The van der Waals surface area contributed by atoms with Crippen molar-refractivity contribution in [1.82, 2.24) is 19.4 Å². The van der Waals surface area contributed by atoms with Gasteiger partial charge in [0.2, 0.25) is 11.5 Å². The van der Waals surface area contributed by atoms with Gasteiger partial charge in [-0.05, 0) is 49.9 Å². The number of Topliss-reactive ketones (excluding diaryl/α,β-unsaturated/α-hetero) is 1. The van der Waals surface area contributed by atoms with Crippen LogP contribution >= 0.6 is 0 Å². The first kappa shape index (κ1) is 28.2. The molecule has 0 aliphatic heterocycles. The molecule has 1 aromatic carbocycles. The van der Waals surface area contributed by atoms with E-state index in [9.17, 15) is 18.0 Å². The Kier molecular flexibility index (Phi) is 8.31. The van der Waals surface area contributed by atoms with E-state index in [1.807, 2.05) is 20.8 Å². The molecule has 3 rings (SSSR count). The van der Waals surface area contributed by atoms with E-state index in [1.54, 1.807) is 32.9 Å². The maximum absolute atomic E-state index is 13.4. The van der Waals surface area contributed by atoms with Crippen LogP contribution in [0.4, 0.5) is 13.2 Å². The average molecular weight is 524 g/mol. The number of benzene rings is 1. The highest BCUT2D eigenvalue weighted by Crippen LogP contribution is 2.28. The zero-order chi connectivity index (χ0) is 27.5. The third-order valence-corrected chi connectivity index (χ3v) is 5.67. The van der Waals surface area contributed by atoms with Gasteiger partial charge >= 0.3 is 6.18 Å². The molecule has 3 aromatic rings. The van der Waals surface area contributed by atoms with Crippen molar-refractivity contribution in [2.24, 2.45) is 4.99 Å². The van der Waals surface area contributed by atoms with E-state index < -0.39 is 18.5 Å². The summed E-state index contributed by atoms with van der Waals surface area (Å²) in [4.78, 5) is 17.1. The van der Waals surface area contributed by atoms with Crippen LogP contribution in [0, 0.1) is 13.8 Å². The van der Waals surface area contributed by atoms with Crippen LogP contribution in [0.2, 0.25) is 0 Å². The van der Waals surface area contributed by atoms with Crippen LogP contribution in [-0.4, -0.2) is 62.8 Å². The number of aryl methyl sites for hydroxylation is 1. The number of aliphatic hydroxyl groups is 1. The van der Waals surface area contributed by atoms with Gasteiger partial charge in [0, 0.05) is 16.7 Å². The van der Waals surface area contributed by atoms with Crippen molar-refractivity contribution in [3.8, 4) is 11.6 Å². The molecule has 0 unspecified atom stereocenters. The van der Waals surface area contributed by atoms with E-state index in [1.165, 1.54) is 10.6 Å². The summed E-state index contributed by atoms with van der Waals surface area (Å²) >= 11 is 0. The monoisotopic (exact) mass is 523 g/mol. The van der Waals surface area contributed by atoms with Crippen LogP contribution in [0.1, 0.15) is 54.7 Å². The average Bonchev–Trinajstić information content (AvgIpc) is 3.15. The van der Waals surface area contributed by atoms with Gasteiger partial charge in [-0.3, -0.25) is 4.79 Å². The number of aromatic nitrogens is 4. The molecule has 0 saturated carbocycles. The van der Waals surface area contributed by atoms with Crippen molar-refractivity contribution >= 4 is 11.4 Å². The predicted octanol–water partition coefficient (Wildman–Crippen LogP) is 3.56. The zero-order valence-corrected chi connectivity index (χ0v) is 21.8. The number of halogens is 3. The molecule has 2 heterocycles. The molecular weight excluding hydrogens is 491 g/mol. The first-order valence-corrected chi connectivity index (χ1v) is 11.8. The minimum atomic E-state index is -4.56. The lowest BCUT2D eigenvalue weighted by Gasteiger charge is -2.21. The number of carbonyl (C=O) groups is 1. The van der Waals surface area contributed by atoms with Gasteiger partial charge < -0.3 is 14.6 Å². The molecule has 0 amide bonds. The lowest BCUT2D eigenvalue weighted by molar-refractivity contribution is -0.118. The number of fused-ring (bicyclic) bond motifs is 1. The van der Waals surface area contributed by atoms with E-state index in [2.05, 4.69) is 15.2 Å². The Bertz CT molecular complexity index is 1350. The van der Waals surface area contributed by atoms with Crippen LogP contribution < -0.4 is 15.1 Å². The van der Waals surface area contributed by atoms with Crippen molar-refractivity contribution in [3.05, 3.63) is 46.1 Å². The molecule has 37 heavy (non-hydrogen) atoms. The Balaban J connectivity index is 2.14. The predicted molar refractivity (Wildman–Crippen MR) is 130 cm³/mol. The number of alkyl halides is 3. The first-order valence-electron chi connectivity index (χ1n) is 11.8. The molecule has 0 aliphatic carbocycles. The number of nitrogens with zero attached hydrogens (tertiary/aromatic N) is 5. The Morgan fingerprint density at radius 1 is 1.08 bits per heavy atom. The number of rotatable bonds is 9. The Morgan fingerprint density at radius 2 is 1.78 bits per heavy atom. The van der Waals surface area contributed by atoms with Crippen LogP contribution in [0.25, 0.3) is 5.65 Å². The van der Waals surface area contributed by atoms with Crippen LogP contribution in [0.15, 0.2) is 23.2 Å². The minimum Gasteiger partial charge on any atom is -0.491 e. The van der Waals surface area contributed by atoms with Crippen molar-refractivity contribution in [1.29, 1.82) is 0 Å². The smallest absolute Gasteiger partial charge is 0.408 e. The summed E-state index contributed by atoms with van der Waals surface area (Å²) < 4.78 is 52.6. The normalized spacial score (nSPS) is 12.9. The molecule has 0 atom stereocenters. The molecule has 0 bridgehead atoms. The molecule has 12 heteroatoms. The number of ether oxygens (including phenoxy) is 2. The summed E-state index contributed by atoms with van der Waals surface area (Å²) in [6, 6.07) is 5.05. The molecule has 1 N–H and O–H groups in total. The Hall–Kier alpha value is -3.41. The number of carbonyl (C=O) groups excluding carboxylic acids is 1. The van der Waals surface area contributed by atoms with Gasteiger partial charge in [-0.1, -0.05) is 20.8 Å². The fourth-order valence-electron chi connectivity index (χ4n) is 3.58. The summed E-state index contributed by atoms with van der Waals surface area (Å²) in [5.41, 5.74) is 2.17. The molecule has 2 aromatic heterocycles. The number of hydrogen-bond acceptors (Lipinski definition) is 7. The van der Waals surface area contributed by atoms with Gasteiger partial charge in [0.25, 0.3) is 0 Å². The summed E-state index contributed by atoms with van der Waals surface area (Å²) in [6.45, 7) is 9.54. The maximum atomic E-state index is 13.4. The van der Waals surface area contributed by atoms with Crippen LogP contribution in [-0.2, 0) is 12.0 Å². The topological polar surface area (TPSA) is 103 Å². The minimum absolute atomic E-state index is 0.0509. The first-order chi connectivity index (χ1) is 17.2. The molecule has 0 radical (unpaired) electrons. The molecule has 0 saturated heterocycles. The number of aliphatic hydroxyl groups excluding tert-OH is 1. The summed E-state index contributed by atoms with van der Waals surface area (Å²) in [5, 5.41) is 17.8.